The lowest BCUT2D eigenvalue weighted by molar-refractivity contribution is -0.121. The monoisotopic (exact) mass is 157 g/mol. The number of hydrogen-bond acceptors (Lipinski definition) is 2. The Labute approximate surface area is 69.4 Å². The fourth-order valence-electron chi connectivity index (χ4n) is 1.09. The van der Waals surface area contributed by atoms with E-state index < -0.39 is 0 Å². The largest absolute Gasteiger partial charge is 0.305 e. The van der Waals surface area contributed by atoms with Crippen molar-refractivity contribution in [2.24, 2.45) is 0 Å². The van der Waals surface area contributed by atoms with Gasteiger partial charge in [0.05, 0.1) is 6.04 Å². The SMILES string of the molecule is CCC(=O)C(CC)NC(C)C. The molecule has 1 unspecified atom stereocenters. The molecule has 0 rings (SSSR count). The zero-order valence-electron chi connectivity index (χ0n) is 7.98. The lowest BCUT2D eigenvalue weighted by Crippen LogP contribution is -2.40. The molecule has 0 bridgehead atoms. The average Bonchev–Trinajstić information content (AvgIpc) is 1.98. The molecule has 2 nitrogen and oxygen atoms in total. The Balaban J connectivity index is 3.84. The predicted octanol–water partition coefficient (Wildman–Crippen LogP) is 1.74. The Morgan fingerprint density at radius 3 is 2.18 bits per heavy atom. The number of nitrogens with one attached hydrogen (secondary N) is 1. The summed E-state index contributed by atoms with van der Waals surface area (Å²) in [5, 5.41) is 3.23. The zero-order valence-corrected chi connectivity index (χ0v) is 7.98. The molecule has 0 aromatic carbocycles. The van der Waals surface area contributed by atoms with Gasteiger partial charge in [0.25, 0.3) is 0 Å². The van der Waals surface area contributed by atoms with Gasteiger partial charge < -0.3 is 5.32 Å². The van der Waals surface area contributed by atoms with Crippen molar-refractivity contribution in [3.63, 3.8) is 0 Å². The summed E-state index contributed by atoms with van der Waals surface area (Å²) in [6.45, 7) is 8.07. The lowest BCUT2D eigenvalue weighted by atomic mass is 10.1. The van der Waals surface area contributed by atoms with E-state index >= 15 is 0 Å². The standard InChI is InChI=1S/C9H19NO/c1-5-8(9(11)6-2)10-7(3)4/h7-8,10H,5-6H2,1-4H3. The van der Waals surface area contributed by atoms with Crippen LogP contribution < -0.4 is 5.32 Å². The molecule has 2 heteroatoms. The molecule has 0 aromatic heterocycles. The van der Waals surface area contributed by atoms with Gasteiger partial charge in [-0.2, -0.15) is 0 Å². The van der Waals surface area contributed by atoms with Gasteiger partial charge in [0, 0.05) is 12.5 Å². The van der Waals surface area contributed by atoms with E-state index in [0.717, 1.165) is 6.42 Å². The molecular formula is C9H19NO. The van der Waals surface area contributed by atoms with Crippen LogP contribution in [0, 0.1) is 0 Å². The minimum atomic E-state index is 0.0694. The van der Waals surface area contributed by atoms with Crippen molar-refractivity contribution < 1.29 is 4.79 Å². The molecule has 0 aliphatic heterocycles. The number of carbonyl (C=O) groups is 1. The lowest BCUT2D eigenvalue weighted by Gasteiger charge is -2.17. The summed E-state index contributed by atoms with van der Waals surface area (Å²) in [5.74, 6) is 0.321. The first-order valence-electron chi connectivity index (χ1n) is 4.40. The molecule has 0 saturated heterocycles. The van der Waals surface area contributed by atoms with Crippen molar-refractivity contribution in [3.05, 3.63) is 0 Å². The van der Waals surface area contributed by atoms with Crippen LogP contribution in [0.5, 0.6) is 0 Å². The van der Waals surface area contributed by atoms with E-state index in [1.54, 1.807) is 0 Å². The summed E-state index contributed by atoms with van der Waals surface area (Å²) in [6, 6.07) is 0.468. The Morgan fingerprint density at radius 1 is 1.36 bits per heavy atom. The van der Waals surface area contributed by atoms with Gasteiger partial charge >= 0.3 is 0 Å². The fraction of sp³-hybridized carbons (Fsp3) is 0.889. The van der Waals surface area contributed by atoms with Crippen LogP contribution in [0.25, 0.3) is 0 Å². The third kappa shape index (κ3) is 4.14. The maximum absolute atomic E-state index is 11.2. The van der Waals surface area contributed by atoms with Crippen molar-refractivity contribution in [1.29, 1.82) is 0 Å². The van der Waals surface area contributed by atoms with E-state index in [2.05, 4.69) is 19.2 Å². The Bertz CT molecular complexity index is 121. The number of Topliss-reactive ketones (excluding diaryl/α,β-unsaturated/α-hetero) is 1. The Hall–Kier alpha value is -0.370. The topological polar surface area (TPSA) is 29.1 Å². The summed E-state index contributed by atoms with van der Waals surface area (Å²) in [7, 11) is 0. The molecule has 0 aromatic rings. The molecule has 0 saturated carbocycles. The number of ketones is 1. The molecule has 0 amide bonds. The summed E-state index contributed by atoms with van der Waals surface area (Å²) in [6.07, 6.45) is 1.53. The van der Waals surface area contributed by atoms with Crippen molar-refractivity contribution in [2.75, 3.05) is 0 Å². The van der Waals surface area contributed by atoms with Crippen LogP contribution in [0.4, 0.5) is 0 Å². The maximum atomic E-state index is 11.2. The quantitative estimate of drug-likeness (QED) is 0.658. The van der Waals surface area contributed by atoms with Crippen LogP contribution in [0.1, 0.15) is 40.5 Å². The highest BCUT2D eigenvalue weighted by Crippen LogP contribution is 1.97. The first-order chi connectivity index (χ1) is 5.11. The van der Waals surface area contributed by atoms with Gasteiger partial charge in [0.2, 0.25) is 0 Å². The van der Waals surface area contributed by atoms with Crippen LogP contribution in [0.2, 0.25) is 0 Å². The van der Waals surface area contributed by atoms with E-state index in [0.29, 0.717) is 18.2 Å². The number of rotatable bonds is 5. The zero-order chi connectivity index (χ0) is 8.85. The number of hydrogen-bond donors (Lipinski definition) is 1. The van der Waals surface area contributed by atoms with Gasteiger partial charge in [0.15, 0.2) is 0 Å². The van der Waals surface area contributed by atoms with Gasteiger partial charge in [-0.05, 0) is 6.42 Å². The minimum Gasteiger partial charge on any atom is -0.305 e. The first-order valence-corrected chi connectivity index (χ1v) is 4.40. The second kappa shape index (κ2) is 5.30. The normalized spacial score (nSPS) is 13.5. The Kier molecular flexibility index (Phi) is 5.12. The molecule has 66 valence electrons. The Morgan fingerprint density at radius 2 is 1.91 bits per heavy atom. The van der Waals surface area contributed by atoms with Gasteiger partial charge in [-0.15, -0.1) is 0 Å². The minimum absolute atomic E-state index is 0.0694. The highest BCUT2D eigenvalue weighted by atomic mass is 16.1. The molecular weight excluding hydrogens is 138 g/mol. The van der Waals surface area contributed by atoms with Crippen molar-refractivity contribution in [1.82, 2.24) is 5.32 Å². The average molecular weight is 157 g/mol. The smallest absolute Gasteiger partial charge is 0.149 e. The van der Waals surface area contributed by atoms with Gasteiger partial charge in [0.1, 0.15) is 5.78 Å². The van der Waals surface area contributed by atoms with Crippen molar-refractivity contribution >= 4 is 5.78 Å². The molecule has 0 aliphatic rings. The summed E-state index contributed by atoms with van der Waals surface area (Å²) < 4.78 is 0. The summed E-state index contributed by atoms with van der Waals surface area (Å²) in [4.78, 5) is 11.2. The number of carbonyl (C=O) groups excluding carboxylic acids is 1. The summed E-state index contributed by atoms with van der Waals surface area (Å²) in [5.41, 5.74) is 0. The highest BCUT2D eigenvalue weighted by Gasteiger charge is 2.13. The fourth-order valence-corrected chi connectivity index (χ4v) is 1.09. The molecule has 0 fully saturated rings. The predicted molar refractivity (Wildman–Crippen MR) is 47.6 cm³/mol. The van der Waals surface area contributed by atoms with Crippen LogP contribution >= 0.6 is 0 Å². The van der Waals surface area contributed by atoms with Crippen LogP contribution in [-0.2, 0) is 4.79 Å². The molecule has 0 aliphatic carbocycles. The van der Waals surface area contributed by atoms with Gasteiger partial charge in [-0.25, -0.2) is 0 Å². The van der Waals surface area contributed by atoms with E-state index in [-0.39, 0.29) is 6.04 Å². The molecule has 11 heavy (non-hydrogen) atoms. The third-order valence-electron chi connectivity index (χ3n) is 1.68. The molecule has 1 atom stereocenters. The summed E-state index contributed by atoms with van der Waals surface area (Å²) >= 11 is 0. The van der Waals surface area contributed by atoms with Crippen LogP contribution in [0.3, 0.4) is 0 Å². The van der Waals surface area contributed by atoms with E-state index in [9.17, 15) is 4.79 Å². The van der Waals surface area contributed by atoms with E-state index in [4.69, 9.17) is 0 Å². The van der Waals surface area contributed by atoms with E-state index in [1.165, 1.54) is 0 Å². The maximum Gasteiger partial charge on any atom is 0.149 e. The molecule has 0 radical (unpaired) electrons. The van der Waals surface area contributed by atoms with Gasteiger partial charge in [-0.3, -0.25) is 4.79 Å². The molecule has 0 spiro atoms. The van der Waals surface area contributed by atoms with Crippen molar-refractivity contribution in [3.8, 4) is 0 Å². The third-order valence-corrected chi connectivity index (χ3v) is 1.68. The van der Waals surface area contributed by atoms with Gasteiger partial charge in [-0.1, -0.05) is 27.7 Å². The second-order valence-electron chi connectivity index (χ2n) is 3.10. The molecule has 0 heterocycles. The van der Waals surface area contributed by atoms with Crippen molar-refractivity contribution in [2.45, 2.75) is 52.6 Å². The van der Waals surface area contributed by atoms with Crippen LogP contribution in [0.15, 0.2) is 0 Å². The van der Waals surface area contributed by atoms with E-state index in [1.807, 2.05) is 13.8 Å². The first kappa shape index (κ1) is 10.6. The highest BCUT2D eigenvalue weighted by molar-refractivity contribution is 5.83. The second-order valence-corrected chi connectivity index (χ2v) is 3.10. The molecule has 1 N–H and O–H groups in total. The van der Waals surface area contributed by atoms with Crippen LogP contribution in [-0.4, -0.2) is 17.9 Å².